The largest absolute Gasteiger partial charge is 0.455 e. The average molecular weight is 753 g/mol. The molecule has 274 valence electrons. The molecule has 13 rings (SSSR count). The Morgan fingerprint density at radius 1 is 0.390 bits per heavy atom. The lowest BCUT2D eigenvalue weighted by molar-refractivity contribution is 0.673. The number of hydrogen-bond acceptors (Lipinski definition) is 3. The molecule has 5 nitrogen and oxygen atoms in total. The second kappa shape index (κ2) is 12.2. The monoisotopic (exact) mass is 752 g/mol. The van der Waals surface area contributed by atoms with Gasteiger partial charge in [-0.15, -0.1) is 0 Å². The van der Waals surface area contributed by atoms with Crippen LogP contribution in [0.3, 0.4) is 0 Å². The topological polar surface area (TPSA) is 48.8 Å². The highest BCUT2D eigenvalue weighted by molar-refractivity contribution is 6.31. The highest BCUT2D eigenvalue weighted by atomic mass is 16.3. The summed E-state index contributed by atoms with van der Waals surface area (Å²) in [5.41, 5.74) is 12.3. The Bertz CT molecular complexity index is 3840. The minimum atomic E-state index is 0.630. The van der Waals surface area contributed by atoms with E-state index in [-0.39, 0.29) is 0 Å². The number of aromatic nitrogens is 4. The van der Waals surface area contributed by atoms with E-state index < -0.39 is 0 Å². The van der Waals surface area contributed by atoms with Crippen molar-refractivity contribution in [1.29, 1.82) is 0 Å². The van der Waals surface area contributed by atoms with Crippen LogP contribution in [0.4, 0.5) is 0 Å². The molecule has 59 heavy (non-hydrogen) atoms. The molecule has 4 heterocycles. The summed E-state index contributed by atoms with van der Waals surface area (Å²) >= 11 is 0. The normalized spacial score (nSPS) is 12.1. The van der Waals surface area contributed by atoms with E-state index in [4.69, 9.17) is 14.4 Å². The third-order valence-electron chi connectivity index (χ3n) is 12.1. The smallest absolute Gasteiger partial charge is 0.235 e. The Hall–Kier alpha value is -8.02. The van der Waals surface area contributed by atoms with Gasteiger partial charge in [0.15, 0.2) is 0 Å². The van der Waals surface area contributed by atoms with Crippen LogP contribution in [0.15, 0.2) is 199 Å². The molecule has 0 fully saturated rings. The zero-order chi connectivity index (χ0) is 38.6. The zero-order valence-electron chi connectivity index (χ0n) is 31.7. The van der Waals surface area contributed by atoms with Crippen molar-refractivity contribution in [1.82, 2.24) is 19.1 Å². The number of fused-ring (bicyclic) bond motifs is 14. The fraction of sp³-hybridized carbons (Fsp3) is 0. The van der Waals surface area contributed by atoms with Gasteiger partial charge >= 0.3 is 0 Å². The Morgan fingerprint density at radius 3 is 1.92 bits per heavy atom. The summed E-state index contributed by atoms with van der Waals surface area (Å²) < 4.78 is 11.5. The third-order valence-corrected chi connectivity index (χ3v) is 12.1. The molecular weight excluding hydrogens is 721 g/mol. The third kappa shape index (κ3) is 4.61. The summed E-state index contributed by atoms with van der Waals surface area (Å²) in [5.74, 6) is 0.630. The molecule has 9 aromatic carbocycles. The van der Waals surface area contributed by atoms with Crippen molar-refractivity contribution in [2.24, 2.45) is 0 Å². The minimum Gasteiger partial charge on any atom is -0.455 e. The zero-order valence-corrected chi connectivity index (χ0v) is 31.7. The molecule has 0 unspecified atom stereocenters. The van der Waals surface area contributed by atoms with E-state index in [0.29, 0.717) is 5.95 Å². The highest BCUT2D eigenvalue weighted by Crippen LogP contribution is 2.46. The number of benzene rings is 9. The molecule has 0 N–H and O–H groups in total. The Morgan fingerprint density at radius 2 is 1.07 bits per heavy atom. The van der Waals surface area contributed by atoms with Gasteiger partial charge in [-0.2, -0.15) is 0 Å². The molecule has 0 atom stereocenters. The summed E-state index contributed by atoms with van der Waals surface area (Å²) in [6.45, 7) is 0. The number of hydrogen-bond donors (Lipinski definition) is 0. The lowest BCUT2D eigenvalue weighted by Gasteiger charge is -2.14. The fourth-order valence-electron chi connectivity index (χ4n) is 9.56. The molecule has 4 aromatic heterocycles. The number of rotatable bonds is 4. The molecule has 0 aliphatic carbocycles. The molecule has 0 aliphatic rings. The van der Waals surface area contributed by atoms with Gasteiger partial charge < -0.3 is 8.98 Å². The van der Waals surface area contributed by atoms with E-state index in [1.807, 2.05) is 6.07 Å². The van der Waals surface area contributed by atoms with E-state index >= 15 is 0 Å². The van der Waals surface area contributed by atoms with E-state index in [0.717, 1.165) is 110 Å². The van der Waals surface area contributed by atoms with Crippen molar-refractivity contribution in [3.05, 3.63) is 194 Å². The second-order valence-electron chi connectivity index (χ2n) is 15.3. The van der Waals surface area contributed by atoms with Crippen LogP contribution in [0.25, 0.3) is 121 Å². The van der Waals surface area contributed by atoms with Crippen LogP contribution in [-0.4, -0.2) is 19.1 Å². The van der Waals surface area contributed by atoms with E-state index in [1.54, 1.807) is 0 Å². The molecule has 5 heteroatoms. The maximum absolute atomic E-state index is 6.78. The molecule has 0 amide bonds. The van der Waals surface area contributed by atoms with Gasteiger partial charge in [-0.3, -0.25) is 4.57 Å². The molecule has 0 saturated carbocycles. The van der Waals surface area contributed by atoms with Crippen molar-refractivity contribution in [3.8, 4) is 34.0 Å². The maximum atomic E-state index is 6.78. The molecule has 0 saturated heterocycles. The van der Waals surface area contributed by atoms with Crippen LogP contribution in [0.1, 0.15) is 0 Å². The average Bonchev–Trinajstić information content (AvgIpc) is 3.97. The molecule has 0 bridgehead atoms. The predicted octanol–water partition coefficient (Wildman–Crippen LogP) is 14.2. The first-order valence-electron chi connectivity index (χ1n) is 20.0. The molecule has 0 radical (unpaired) electrons. The summed E-state index contributed by atoms with van der Waals surface area (Å²) in [7, 11) is 0. The van der Waals surface area contributed by atoms with Crippen molar-refractivity contribution < 1.29 is 4.42 Å². The molecule has 13 aromatic rings. The van der Waals surface area contributed by atoms with Crippen molar-refractivity contribution in [3.63, 3.8) is 0 Å². The van der Waals surface area contributed by atoms with Gasteiger partial charge in [-0.05, 0) is 76.5 Å². The molecular formula is C54H32N4O. The van der Waals surface area contributed by atoms with E-state index in [1.165, 1.54) is 5.56 Å². The summed E-state index contributed by atoms with van der Waals surface area (Å²) in [4.78, 5) is 10.9. The first kappa shape index (κ1) is 32.1. The second-order valence-corrected chi connectivity index (χ2v) is 15.3. The quantitative estimate of drug-likeness (QED) is 0.168. The SMILES string of the molecule is c1ccc(-c2cccc(-n3c4ccc5c6ccccc6oc5c4c4ccc5c(c6ccccc6n5-c5nc(-c6ccccc6)c6c(ccc7ccccc76)n5)c43)c2)cc1. The van der Waals surface area contributed by atoms with Crippen LogP contribution >= 0.6 is 0 Å². The number of furan rings is 1. The number of para-hydroxylation sites is 2. The fourth-order valence-corrected chi connectivity index (χ4v) is 9.56. The Labute approximate surface area is 337 Å². The van der Waals surface area contributed by atoms with Gasteiger partial charge in [0, 0.05) is 43.6 Å². The van der Waals surface area contributed by atoms with Gasteiger partial charge in [-0.25, -0.2) is 9.97 Å². The summed E-state index contributed by atoms with van der Waals surface area (Å²) in [6.07, 6.45) is 0. The van der Waals surface area contributed by atoms with Crippen molar-refractivity contribution >= 4 is 87.2 Å². The van der Waals surface area contributed by atoms with E-state index in [2.05, 4.69) is 197 Å². The van der Waals surface area contributed by atoms with Gasteiger partial charge in [0.2, 0.25) is 5.95 Å². The molecule has 0 spiro atoms. The van der Waals surface area contributed by atoms with Crippen molar-refractivity contribution in [2.45, 2.75) is 0 Å². The van der Waals surface area contributed by atoms with Gasteiger partial charge in [-0.1, -0.05) is 140 Å². The molecule has 0 aliphatic heterocycles. The predicted molar refractivity (Wildman–Crippen MR) is 244 cm³/mol. The summed E-state index contributed by atoms with van der Waals surface area (Å²) in [6, 6.07) is 68.8. The highest BCUT2D eigenvalue weighted by Gasteiger charge is 2.25. The van der Waals surface area contributed by atoms with Crippen LogP contribution in [0.2, 0.25) is 0 Å². The van der Waals surface area contributed by atoms with Crippen LogP contribution < -0.4 is 0 Å². The minimum absolute atomic E-state index is 0.630. The van der Waals surface area contributed by atoms with Crippen molar-refractivity contribution in [2.75, 3.05) is 0 Å². The van der Waals surface area contributed by atoms with Crippen LogP contribution in [0.5, 0.6) is 0 Å². The van der Waals surface area contributed by atoms with Gasteiger partial charge in [0.05, 0.1) is 38.7 Å². The van der Waals surface area contributed by atoms with Crippen LogP contribution in [-0.2, 0) is 0 Å². The van der Waals surface area contributed by atoms with Gasteiger partial charge in [0.25, 0.3) is 0 Å². The standard InChI is InChI=1S/C54H32N4O/c1-3-14-33(15-4-1)36-19-13-20-37(32-36)57-46-30-27-40-39-22-10-12-25-47(39)59-53(40)50(46)42-28-31-45-49(52(42)57)41-23-9-11-24-44(41)58(45)54-55-43-29-26-34-16-7-8-21-38(34)48(43)51(56-54)35-17-5-2-6-18-35/h1-32H. The first-order valence-corrected chi connectivity index (χ1v) is 20.0. The lowest BCUT2D eigenvalue weighted by Crippen LogP contribution is -2.03. The Balaban J connectivity index is 1.18. The lowest BCUT2D eigenvalue weighted by atomic mass is 10.0. The van der Waals surface area contributed by atoms with Gasteiger partial charge in [0.1, 0.15) is 11.2 Å². The summed E-state index contributed by atoms with van der Waals surface area (Å²) in [5, 5.41) is 10.1. The maximum Gasteiger partial charge on any atom is 0.235 e. The van der Waals surface area contributed by atoms with Crippen LogP contribution in [0, 0.1) is 0 Å². The Kier molecular flexibility index (Phi) is 6.66. The van der Waals surface area contributed by atoms with E-state index in [9.17, 15) is 0 Å². The first-order chi connectivity index (χ1) is 29.3. The number of nitrogens with zero attached hydrogens (tertiary/aromatic N) is 4.